The maximum Gasteiger partial charge on any atom is 0.301 e. The van der Waals surface area contributed by atoms with Gasteiger partial charge in [0.15, 0.2) is 0 Å². The molecule has 1 aliphatic heterocycles. The molecular formula is C14H23N5O2. The van der Waals surface area contributed by atoms with E-state index in [1.54, 1.807) is 10.8 Å². The van der Waals surface area contributed by atoms with Gasteiger partial charge in [-0.2, -0.15) is 4.98 Å². The van der Waals surface area contributed by atoms with Crippen molar-refractivity contribution in [2.45, 2.75) is 25.8 Å². The maximum absolute atomic E-state index is 12.0. The van der Waals surface area contributed by atoms with Crippen LogP contribution >= 0.6 is 0 Å². The van der Waals surface area contributed by atoms with Gasteiger partial charge < -0.3 is 15.4 Å². The number of hydrogen-bond acceptors (Lipinski definition) is 6. The van der Waals surface area contributed by atoms with Gasteiger partial charge in [-0.05, 0) is 33.5 Å². The Labute approximate surface area is 124 Å². The van der Waals surface area contributed by atoms with Gasteiger partial charge in [-0.25, -0.2) is 0 Å². The average Bonchev–Trinajstić information content (AvgIpc) is 2.84. The lowest BCUT2D eigenvalue weighted by molar-refractivity contribution is 0.316. The van der Waals surface area contributed by atoms with E-state index in [1.807, 2.05) is 14.1 Å². The Kier molecular flexibility index (Phi) is 4.95. The van der Waals surface area contributed by atoms with Gasteiger partial charge in [-0.1, -0.05) is 6.92 Å². The predicted octanol–water partition coefficient (Wildman–Crippen LogP) is 0.540. The Balaban J connectivity index is 2.17. The molecule has 0 fully saturated rings. The van der Waals surface area contributed by atoms with Crippen LogP contribution in [0.5, 0.6) is 6.01 Å². The maximum atomic E-state index is 12.0. The number of ether oxygens (including phenoxy) is 1. The molecule has 0 radical (unpaired) electrons. The van der Waals surface area contributed by atoms with E-state index in [9.17, 15) is 4.79 Å². The summed E-state index contributed by atoms with van der Waals surface area (Å²) in [5.41, 5.74) is 6.08. The first-order valence-corrected chi connectivity index (χ1v) is 7.24. The normalized spacial score (nSPS) is 17.4. The fraction of sp³-hybridized carbons (Fsp3) is 0.643. The molecule has 1 aliphatic rings. The van der Waals surface area contributed by atoms with E-state index < -0.39 is 0 Å². The highest BCUT2D eigenvalue weighted by molar-refractivity contribution is 5.85. The van der Waals surface area contributed by atoms with Crippen LogP contribution in [0.1, 0.15) is 31.4 Å². The molecule has 0 saturated carbocycles. The van der Waals surface area contributed by atoms with E-state index in [-0.39, 0.29) is 11.6 Å². The molecule has 7 heteroatoms. The van der Waals surface area contributed by atoms with Crippen molar-refractivity contribution in [2.24, 2.45) is 4.99 Å². The number of nitrogen functional groups attached to an aromatic ring is 1. The molecule has 0 unspecified atom stereocenters. The summed E-state index contributed by atoms with van der Waals surface area (Å²) < 4.78 is 7.20. The molecule has 0 amide bonds. The summed E-state index contributed by atoms with van der Waals surface area (Å²) in [6, 6.07) is 0.447. The van der Waals surface area contributed by atoms with Crippen molar-refractivity contribution < 1.29 is 4.74 Å². The second kappa shape index (κ2) is 6.71. The third-order valence-electron chi connectivity index (χ3n) is 3.52. The van der Waals surface area contributed by atoms with Crippen molar-refractivity contribution >= 4 is 12.0 Å². The van der Waals surface area contributed by atoms with E-state index in [0.717, 1.165) is 19.4 Å². The molecular weight excluding hydrogens is 270 g/mol. The van der Waals surface area contributed by atoms with E-state index in [0.29, 0.717) is 30.5 Å². The van der Waals surface area contributed by atoms with Gasteiger partial charge in [0, 0.05) is 12.8 Å². The topological polar surface area (TPSA) is 85.7 Å². The van der Waals surface area contributed by atoms with Crippen molar-refractivity contribution in [3.8, 4) is 6.01 Å². The summed E-state index contributed by atoms with van der Waals surface area (Å²) in [5, 5.41) is 0. The zero-order valence-electron chi connectivity index (χ0n) is 12.9. The zero-order chi connectivity index (χ0) is 15.4. The molecule has 1 aromatic rings. The minimum absolute atomic E-state index is 0.133. The van der Waals surface area contributed by atoms with Gasteiger partial charge >= 0.3 is 6.01 Å². The number of rotatable bonds is 6. The van der Waals surface area contributed by atoms with Crippen LogP contribution in [0, 0.1) is 0 Å². The summed E-state index contributed by atoms with van der Waals surface area (Å²) in [7, 11) is 4.03. The molecule has 21 heavy (non-hydrogen) atoms. The third kappa shape index (κ3) is 3.41. The number of nitrogens with zero attached hydrogens (tertiary/aromatic N) is 4. The zero-order valence-corrected chi connectivity index (χ0v) is 12.9. The minimum atomic E-state index is -0.383. The van der Waals surface area contributed by atoms with E-state index in [2.05, 4.69) is 21.8 Å². The Hall–Kier alpha value is -1.89. The highest BCUT2D eigenvalue weighted by atomic mass is 16.5. The smallest absolute Gasteiger partial charge is 0.301 e. The Bertz CT molecular complexity index is 579. The number of hydrogen-bond donors (Lipinski definition) is 1. The molecule has 0 aromatic carbocycles. The van der Waals surface area contributed by atoms with Crippen molar-refractivity contribution in [3.05, 3.63) is 15.9 Å². The van der Waals surface area contributed by atoms with Crippen molar-refractivity contribution in [1.82, 2.24) is 14.5 Å². The monoisotopic (exact) mass is 293 g/mol. The molecule has 1 aromatic heterocycles. The van der Waals surface area contributed by atoms with Gasteiger partial charge in [0.25, 0.3) is 5.56 Å². The largest absolute Gasteiger partial charge is 0.462 e. The molecule has 116 valence electrons. The van der Waals surface area contributed by atoms with Crippen LogP contribution in [0.25, 0.3) is 0 Å². The Morgan fingerprint density at radius 1 is 1.57 bits per heavy atom. The summed E-state index contributed by atoms with van der Waals surface area (Å²) >= 11 is 0. The predicted molar refractivity (Wildman–Crippen MR) is 83.4 cm³/mol. The van der Waals surface area contributed by atoms with Crippen LogP contribution < -0.4 is 16.0 Å². The molecule has 0 aliphatic carbocycles. The van der Waals surface area contributed by atoms with E-state index in [4.69, 9.17) is 10.5 Å². The quantitative estimate of drug-likeness (QED) is 0.611. The molecule has 0 spiro atoms. The van der Waals surface area contributed by atoms with Gasteiger partial charge in [0.1, 0.15) is 18.0 Å². The lowest BCUT2D eigenvalue weighted by Crippen LogP contribution is -2.22. The van der Waals surface area contributed by atoms with Crippen LogP contribution in [-0.2, 0) is 0 Å². The van der Waals surface area contributed by atoms with Crippen molar-refractivity contribution in [2.75, 3.05) is 39.5 Å². The first kappa shape index (κ1) is 15.5. The minimum Gasteiger partial charge on any atom is -0.462 e. The van der Waals surface area contributed by atoms with Crippen molar-refractivity contribution in [1.29, 1.82) is 0 Å². The van der Waals surface area contributed by atoms with E-state index >= 15 is 0 Å². The van der Waals surface area contributed by atoms with Gasteiger partial charge in [-0.3, -0.25) is 14.4 Å². The molecule has 1 atom stereocenters. The van der Waals surface area contributed by atoms with Crippen LogP contribution in [0.15, 0.2) is 9.79 Å². The SMILES string of the molecule is CC[C@@H]1COc2nc(=O)c(C=NCCCN(C)C)c(N)n21. The second-order valence-electron chi connectivity index (χ2n) is 5.43. The molecule has 2 rings (SSSR count). The number of aromatic nitrogens is 2. The number of fused-ring (bicyclic) bond motifs is 1. The van der Waals surface area contributed by atoms with Crippen molar-refractivity contribution in [3.63, 3.8) is 0 Å². The first-order valence-electron chi connectivity index (χ1n) is 7.24. The molecule has 0 bridgehead atoms. The summed E-state index contributed by atoms with van der Waals surface area (Å²) in [6.07, 6.45) is 3.35. The first-order chi connectivity index (χ1) is 10.0. The number of aliphatic imine (C=N–C) groups is 1. The summed E-state index contributed by atoms with van der Waals surface area (Å²) in [6.45, 7) is 4.18. The molecule has 7 nitrogen and oxygen atoms in total. The third-order valence-corrected chi connectivity index (χ3v) is 3.52. The summed E-state index contributed by atoms with van der Waals surface area (Å²) in [4.78, 5) is 22.3. The number of nitrogens with two attached hydrogens (primary N) is 1. The Morgan fingerprint density at radius 2 is 2.33 bits per heavy atom. The lowest BCUT2D eigenvalue weighted by atomic mass is 10.2. The van der Waals surface area contributed by atoms with Crippen LogP contribution in [0.3, 0.4) is 0 Å². The molecule has 2 N–H and O–H groups in total. The highest BCUT2D eigenvalue weighted by Gasteiger charge is 2.26. The number of anilines is 1. The van der Waals surface area contributed by atoms with Gasteiger partial charge in [-0.15, -0.1) is 0 Å². The standard InChI is InChI=1S/C14H23N5O2/c1-4-10-9-21-14-17-13(20)11(12(15)19(10)14)8-16-6-5-7-18(2)3/h8,10H,4-7,9,15H2,1-3H3/t10-/m1/s1. The van der Waals surface area contributed by atoms with Crippen LogP contribution in [0.2, 0.25) is 0 Å². The fourth-order valence-electron chi connectivity index (χ4n) is 2.30. The average molecular weight is 293 g/mol. The van der Waals surface area contributed by atoms with Crippen LogP contribution in [-0.4, -0.2) is 54.5 Å². The summed E-state index contributed by atoms with van der Waals surface area (Å²) in [5.74, 6) is 0.394. The van der Waals surface area contributed by atoms with Crippen LogP contribution in [0.4, 0.5) is 5.82 Å². The van der Waals surface area contributed by atoms with E-state index in [1.165, 1.54) is 0 Å². The highest BCUT2D eigenvalue weighted by Crippen LogP contribution is 2.29. The Morgan fingerprint density at radius 3 is 3.00 bits per heavy atom. The van der Waals surface area contributed by atoms with Gasteiger partial charge in [0.05, 0.1) is 6.04 Å². The lowest BCUT2D eigenvalue weighted by Gasteiger charge is -2.13. The fourth-order valence-corrected chi connectivity index (χ4v) is 2.30. The van der Waals surface area contributed by atoms with Gasteiger partial charge in [0.2, 0.25) is 0 Å². The second-order valence-corrected chi connectivity index (χ2v) is 5.43. The molecule has 2 heterocycles. The molecule has 0 saturated heterocycles.